The Morgan fingerprint density at radius 2 is 2.06 bits per heavy atom. The molecular formula is C13H19ClO3. The number of methoxy groups -OCH3 is 1. The van der Waals surface area contributed by atoms with Gasteiger partial charge < -0.3 is 14.6 Å². The van der Waals surface area contributed by atoms with Crippen molar-refractivity contribution < 1.29 is 14.6 Å². The third-order valence-electron chi connectivity index (χ3n) is 2.49. The first kappa shape index (κ1) is 14.3. The highest BCUT2D eigenvalue weighted by Crippen LogP contribution is 2.28. The van der Waals surface area contributed by atoms with E-state index in [0.717, 1.165) is 12.0 Å². The SMILES string of the molecule is COCCC(C)Oc1ccc([C@H](C)O)cc1Cl. The smallest absolute Gasteiger partial charge is 0.138 e. The Morgan fingerprint density at radius 3 is 2.59 bits per heavy atom. The van der Waals surface area contributed by atoms with E-state index in [2.05, 4.69) is 0 Å². The zero-order valence-corrected chi connectivity index (χ0v) is 11.2. The van der Waals surface area contributed by atoms with Crippen LogP contribution in [0.1, 0.15) is 31.9 Å². The second-order valence-electron chi connectivity index (χ2n) is 4.08. The maximum Gasteiger partial charge on any atom is 0.138 e. The number of ether oxygens (including phenoxy) is 2. The summed E-state index contributed by atoms with van der Waals surface area (Å²) in [5.74, 6) is 0.639. The summed E-state index contributed by atoms with van der Waals surface area (Å²) in [4.78, 5) is 0. The number of rotatable bonds is 6. The van der Waals surface area contributed by atoms with Gasteiger partial charge in [-0.05, 0) is 31.5 Å². The molecule has 0 saturated heterocycles. The molecule has 2 atom stereocenters. The lowest BCUT2D eigenvalue weighted by molar-refractivity contribution is 0.135. The predicted octanol–water partition coefficient (Wildman–Crippen LogP) is 3.20. The van der Waals surface area contributed by atoms with Gasteiger partial charge in [0.1, 0.15) is 5.75 Å². The number of halogens is 1. The first-order valence-corrected chi connectivity index (χ1v) is 6.05. The molecule has 0 heterocycles. The van der Waals surface area contributed by atoms with Gasteiger partial charge in [0.15, 0.2) is 0 Å². The standard InChI is InChI=1S/C13H19ClO3/c1-9(6-7-16-3)17-13-5-4-11(10(2)15)8-12(13)14/h4-5,8-10,15H,6-7H2,1-3H3/t9?,10-/m0/s1. The fraction of sp³-hybridized carbons (Fsp3) is 0.538. The second-order valence-corrected chi connectivity index (χ2v) is 4.48. The Morgan fingerprint density at radius 1 is 1.35 bits per heavy atom. The summed E-state index contributed by atoms with van der Waals surface area (Å²) in [5, 5.41) is 9.94. The molecule has 1 rings (SSSR count). The van der Waals surface area contributed by atoms with Crippen molar-refractivity contribution in [1.82, 2.24) is 0 Å². The van der Waals surface area contributed by atoms with Gasteiger partial charge in [-0.1, -0.05) is 17.7 Å². The lowest BCUT2D eigenvalue weighted by Crippen LogP contribution is -2.14. The molecule has 0 aliphatic carbocycles. The van der Waals surface area contributed by atoms with Crippen LogP contribution in [-0.2, 0) is 4.74 Å². The Balaban J connectivity index is 2.65. The van der Waals surface area contributed by atoms with Crippen LogP contribution in [0.4, 0.5) is 0 Å². The molecule has 96 valence electrons. The highest BCUT2D eigenvalue weighted by atomic mass is 35.5. The van der Waals surface area contributed by atoms with Crippen LogP contribution in [0.25, 0.3) is 0 Å². The van der Waals surface area contributed by atoms with Crippen molar-refractivity contribution in [1.29, 1.82) is 0 Å². The Bertz CT molecular complexity index is 353. The van der Waals surface area contributed by atoms with Crippen molar-refractivity contribution in [2.24, 2.45) is 0 Å². The Kier molecular flexibility index (Phi) is 5.75. The molecular weight excluding hydrogens is 240 g/mol. The molecule has 1 aromatic rings. The summed E-state index contributed by atoms with van der Waals surface area (Å²) in [6.07, 6.45) is 0.336. The molecule has 4 heteroatoms. The van der Waals surface area contributed by atoms with Crippen LogP contribution < -0.4 is 4.74 Å². The monoisotopic (exact) mass is 258 g/mol. The lowest BCUT2D eigenvalue weighted by Gasteiger charge is -2.16. The molecule has 0 spiro atoms. The number of aliphatic hydroxyl groups excluding tert-OH is 1. The third-order valence-corrected chi connectivity index (χ3v) is 2.79. The zero-order valence-electron chi connectivity index (χ0n) is 10.4. The number of aliphatic hydroxyl groups is 1. The maximum absolute atomic E-state index is 9.42. The van der Waals surface area contributed by atoms with E-state index in [0.29, 0.717) is 17.4 Å². The van der Waals surface area contributed by atoms with Gasteiger partial charge in [-0.2, -0.15) is 0 Å². The van der Waals surface area contributed by atoms with Crippen molar-refractivity contribution in [2.45, 2.75) is 32.5 Å². The van der Waals surface area contributed by atoms with Crippen LogP contribution >= 0.6 is 11.6 Å². The normalized spacial score (nSPS) is 14.4. The average Bonchev–Trinajstić information content (AvgIpc) is 2.28. The molecule has 1 unspecified atom stereocenters. The van der Waals surface area contributed by atoms with Crippen molar-refractivity contribution in [3.63, 3.8) is 0 Å². The van der Waals surface area contributed by atoms with Crippen molar-refractivity contribution in [3.05, 3.63) is 28.8 Å². The largest absolute Gasteiger partial charge is 0.489 e. The Hall–Kier alpha value is -0.770. The van der Waals surface area contributed by atoms with E-state index in [1.165, 1.54) is 0 Å². The van der Waals surface area contributed by atoms with Gasteiger partial charge in [-0.15, -0.1) is 0 Å². The summed E-state index contributed by atoms with van der Waals surface area (Å²) >= 11 is 6.08. The molecule has 1 aromatic carbocycles. The second kappa shape index (κ2) is 6.84. The Labute approximate surface area is 107 Å². The first-order valence-electron chi connectivity index (χ1n) is 5.67. The first-order chi connectivity index (χ1) is 8.04. The van der Waals surface area contributed by atoms with Gasteiger partial charge in [0.05, 0.1) is 17.2 Å². The number of hydrogen-bond donors (Lipinski definition) is 1. The molecule has 17 heavy (non-hydrogen) atoms. The fourth-order valence-corrected chi connectivity index (χ4v) is 1.67. The van der Waals surface area contributed by atoms with E-state index in [4.69, 9.17) is 21.1 Å². The van der Waals surface area contributed by atoms with E-state index < -0.39 is 6.10 Å². The molecule has 3 nitrogen and oxygen atoms in total. The molecule has 0 aliphatic heterocycles. The predicted molar refractivity (Wildman–Crippen MR) is 68.7 cm³/mol. The molecule has 0 aliphatic rings. The van der Waals surface area contributed by atoms with Gasteiger partial charge >= 0.3 is 0 Å². The van der Waals surface area contributed by atoms with Gasteiger partial charge in [-0.3, -0.25) is 0 Å². The highest BCUT2D eigenvalue weighted by Gasteiger charge is 2.09. The van der Waals surface area contributed by atoms with Crippen molar-refractivity contribution in [2.75, 3.05) is 13.7 Å². The van der Waals surface area contributed by atoms with Crippen LogP contribution in [0.3, 0.4) is 0 Å². The van der Waals surface area contributed by atoms with Gasteiger partial charge in [0.2, 0.25) is 0 Å². The van der Waals surface area contributed by atoms with E-state index >= 15 is 0 Å². The maximum atomic E-state index is 9.42. The minimum absolute atomic E-state index is 0.0462. The summed E-state index contributed by atoms with van der Waals surface area (Å²) in [6.45, 7) is 4.33. The van der Waals surface area contributed by atoms with Crippen LogP contribution in [0.15, 0.2) is 18.2 Å². The highest BCUT2D eigenvalue weighted by molar-refractivity contribution is 6.32. The number of hydrogen-bond acceptors (Lipinski definition) is 3. The molecule has 0 aromatic heterocycles. The van der Waals surface area contributed by atoms with Crippen molar-refractivity contribution >= 4 is 11.6 Å². The minimum Gasteiger partial charge on any atom is -0.489 e. The average molecular weight is 259 g/mol. The molecule has 0 bridgehead atoms. The zero-order chi connectivity index (χ0) is 12.8. The van der Waals surface area contributed by atoms with Crippen LogP contribution in [0, 0.1) is 0 Å². The van der Waals surface area contributed by atoms with E-state index in [1.807, 2.05) is 13.0 Å². The summed E-state index contributed by atoms with van der Waals surface area (Å²) in [5.41, 5.74) is 0.784. The van der Waals surface area contributed by atoms with Crippen LogP contribution in [0.2, 0.25) is 5.02 Å². The lowest BCUT2D eigenvalue weighted by atomic mass is 10.1. The van der Waals surface area contributed by atoms with Gasteiger partial charge in [0, 0.05) is 20.1 Å². The molecule has 0 radical (unpaired) electrons. The minimum atomic E-state index is -0.521. The number of benzene rings is 1. The third kappa shape index (κ3) is 4.54. The van der Waals surface area contributed by atoms with Crippen molar-refractivity contribution in [3.8, 4) is 5.75 Å². The summed E-state index contributed by atoms with van der Waals surface area (Å²) < 4.78 is 10.7. The van der Waals surface area contributed by atoms with E-state index in [9.17, 15) is 5.11 Å². The molecule has 0 amide bonds. The van der Waals surface area contributed by atoms with Gasteiger partial charge in [0.25, 0.3) is 0 Å². The summed E-state index contributed by atoms with van der Waals surface area (Å²) in [6, 6.07) is 5.33. The van der Waals surface area contributed by atoms with Gasteiger partial charge in [-0.25, -0.2) is 0 Å². The quantitative estimate of drug-likeness (QED) is 0.852. The van der Waals surface area contributed by atoms with Crippen LogP contribution in [-0.4, -0.2) is 24.9 Å². The van der Waals surface area contributed by atoms with E-state index in [1.54, 1.807) is 26.2 Å². The fourth-order valence-electron chi connectivity index (χ4n) is 1.43. The van der Waals surface area contributed by atoms with Crippen LogP contribution in [0.5, 0.6) is 5.75 Å². The molecule has 0 saturated carbocycles. The molecule has 1 N–H and O–H groups in total. The topological polar surface area (TPSA) is 38.7 Å². The van der Waals surface area contributed by atoms with E-state index in [-0.39, 0.29) is 6.10 Å². The summed E-state index contributed by atoms with van der Waals surface area (Å²) in [7, 11) is 1.66. The molecule has 0 fully saturated rings.